The zero-order chi connectivity index (χ0) is 17.3. The molecule has 2 unspecified atom stereocenters. The lowest BCUT2D eigenvalue weighted by Gasteiger charge is -2.40. The highest BCUT2D eigenvalue weighted by Crippen LogP contribution is 2.45. The molecule has 1 aliphatic rings. The number of ether oxygens (including phenoxy) is 2. The van der Waals surface area contributed by atoms with Gasteiger partial charge in [-0.25, -0.2) is 9.18 Å². The topological polar surface area (TPSA) is 48.0 Å². The van der Waals surface area contributed by atoms with Crippen LogP contribution in [0.1, 0.15) is 18.0 Å². The van der Waals surface area contributed by atoms with E-state index in [1.165, 1.54) is 19.2 Å². The Balaban J connectivity index is 2.48. The van der Waals surface area contributed by atoms with Gasteiger partial charge in [-0.15, -0.1) is 0 Å². The van der Waals surface area contributed by atoms with Crippen LogP contribution in [0, 0.1) is 5.82 Å². The summed E-state index contributed by atoms with van der Waals surface area (Å²) < 4.78 is 30.3. The number of carbonyl (C=O) groups is 1. The van der Waals surface area contributed by atoms with Crippen LogP contribution in [0.25, 0.3) is 0 Å². The zero-order valence-corrected chi connectivity index (χ0v) is 15.3. The molecule has 0 bridgehead atoms. The maximum absolute atomic E-state index is 13.3. The van der Waals surface area contributed by atoms with Crippen LogP contribution in [0.5, 0.6) is 0 Å². The average molecular weight is 341 g/mol. The van der Waals surface area contributed by atoms with E-state index in [-0.39, 0.29) is 5.82 Å². The lowest BCUT2D eigenvalue weighted by atomic mass is 9.99. The van der Waals surface area contributed by atoms with Crippen molar-refractivity contribution < 1.29 is 23.1 Å². The van der Waals surface area contributed by atoms with E-state index in [1.54, 1.807) is 24.1 Å². The van der Waals surface area contributed by atoms with Crippen molar-refractivity contribution in [1.29, 1.82) is 0 Å². The van der Waals surface area contributed by atoms with Gasteiger partial charge in [-0.3, -0.25) is 4.90 Å². The Morgan fingerprint density at radius 3 is 2.35 bits per heavy atom. The molecule has 0 N–H and O–H groups in total. The molecule has 128 valence electrons. The number of rotatable bonds is 4. The highest BCUT2D eigenvalue weighted by Gasteiger charge is 2.53. The smallest absolute Gasteiger partial charge is 0.410 e. The van der Waals surface area contributed by atoms with Gasteiger partial charge in [0.1, 0.15) is 11.9 Å². The number of halogens is 1. The maximum Gasteiger partial charge on any atom is 0.410 e. The zero-order valence-electron chi connectivity index (χ0n) is 14.3. The number of amides is 1. The highest BCUT2D eigenvalue weighted by molar-refractivity contribution is 6.69. The molecule has 7 heteroatoms. The number of likely N-dealkylation sites (tertiary alicyclic amines) is 1. The van der Waals surface area contributed by atoms with Gasteiger partial charge in [-0.1, -0.05) is 12.1 Å². The van der Waals surface area contributed by atoms with E-state index in [9.17, 15) is 9.18 Å². The van der Waals surface area contributed by atoms with E-state index in [1.807, 2.05) is 0 Å². The molecular weight excluding hydrogens is 317 g/mol. The van der Waals surface area contributed by atoms with Gasteiger partial charge in [-0.2, -0.15) is 0 Å². The molecule has 1 amide bonds. The van der Waals surface area contributed by atoms with Crippen molar-refractivity contribution in [2.75, 3.05) is 20.8 Å². The second-order valence-electron chi connectivity index (χ2n) is 6.60. The summed E-state index contributed by atoms with van der Waals surface area (Å²) in [6, 6.07) is 5.58. The van der Waals surface area contributed by atoms with Crippen molar-refractivity contribution >= 4 is 14.4 Å². The van der Waals surface area contributed by atoms with Crippen molar-refractivity contribution in [2.24, 2.45) is 0 Å². The summed E-state index contributed by atoms with van der Waals surface area (Å²) in [5.74, 6) is -1.28. The minimum atomic E-state index is -1.95. The van der Waals surface area contributed by atoms with Crippen LogP contribution < -0.4 is 0 Å². The Morgan fingerprint density at radius 1 is 1.26 bits per heavy atom. The first-order valence-electron chi connectivity index (χ1n) is 7.58. The summed E-state index contributed by atoms with van der Waals surface area (Å²) in [5, 5.41) is 0. The Bertz CT molecular complexity index is 560. The molecule has 1 aromatic carbocycles. The largest absolute Gasteiger partial charge is 0.453 e. The standard InChI is InChI=1S/C16H24FNO4Si/c1-20-15(19)18-11-10-16(21-2,22-23(3,4)5)14(18)12-6-8-13(17)9-7-12/h6-9,14H,10-11H2,1-5H3. The Hall–Kier alpha value is -1.44. The molecule has 1 fully saturated rings. The van der Waals surface area contributed by atoms with E-state index >= 15 is 0 Å². The molecule has 0 saturated carbocycles. The fraction of sp³-hybridized carbons (Fsp3) is 0.562. The summed E-state index contributed by atoms with van der Waals surface area (Å²) in [7, 11) is 0.971. The van der Waals surface area contributed by atoms with Gasteiger partial charge < -0.3 is 13.9 Å². The van der Waals surface area contributed by atoms with Gasteiger partial charge in [-0.05, 0) is 37.3 Å². The molecule has 0 radical (unpaired) electrons. The monoisotopic (exact) mass is 341 g/mol. The van der Waals surface area contributed by atoms with Crippen molar-refractivity contribution in [3.05, 3.63) is 35.6 Å². The van der Waals surface area contributed by atoms with Crippen molar-refractivity contribution in [1.82, 2.24) is 4.90 Å². The minimum absolute atomic E-state index is 0.328. The number of methoxy groups -OCH3 is 2. The Labute approximate surface area is 137 Å². The van der Waals surface area contributed by atoms with Crippen molar-refractivity contribution in [2.45, 2.75) is 37.9 Å². The fourth-order valence-corrected chi connectivity index (χ4v) is 4.39. The van der Waals surface area contributed by atoms with Gasteiger partial charge in [0.25, 0.3) is 0 Å². The lowest BCUT2D eigenvalue weighted by molar-refractivity contribution is -0.185. The van der Waals surface area contributed by atoms with Gasteiger partial charge >= 0.3 is 6.09 Å². The molecule has 2 rings (SSSR count). The molecule has 1 aliphatic heterocycles. The molecule has 0 aliphatic carbocycles. The second kappa shape index (κ2) is 6.58. The predicted octanol–water partition coefficient (Wildman–Crippen LogP) is 3.53. The first-order chi connectivity index (χ1) is 10.7. The molecule has 1 saturated heterocycles. The van der Waals surface area contributed by atoms with Gasteiger partial charge in [0, 0.05) is 20.1 Å². The SMILES string of the molecule is COC(=O)N1CCC(OC)(O[Si](C)(C)C)C1c1ccc(F)cc1. The summed E-state index contributed by atoms with van der Waals surface area (Å²) in [6.07, 6.45) is 0.0858. The summed E-state index contributed by atoms with van der Waals surface area (Å²) in [5.41, 5.74) is 0.759. The van der Waals surface area contributed by atoms with Crippen LogP contribution >= 0.6 is 0 Å². The minimum Gasteiger partial charge on any atom is -0.453 e. The van der Waals surface area contributed by atoms with E-state index in [4.69, 9.17) is 13.9 Å². The molecule has 23 heavy (non-hydrogen) atoms. The average Bonchev–Trinajstić information content (AvgIpc) is 2.85. The molecule has 0 aromatic heterocycles. The third-order valence-corrected chi connectivity index (χ3v) is 4.81. The van der Waals surface area contributed by atoms with Gasteiger partial charge in [0.05, 0.1) is 7.11 Å². The third-order valence-electron chi connectivity index (χ3n) is 3.85. The molecular formula is C16H24FNO4Si. The Kier molecular flexibility index (Phi) is 5.13. The van der Waals surface area contributed by atoms with E-state index in [0.717, 1.165) is 5.56 Å². The number of hydrogen-bond donors (Lipinski definition) is 0. The van der Waals surface area contributed by atoms with Crippen LogP contribution in [0.2, 0.25) is 19.6 Å². The van der Waals surface area contributed by atoms with Gasteiger partial charge in [0.15, 0.2) is 14.1 Å². The van der Waals surface area contributed by atoms with Crippen LogP contribution in [-0.4, -0.2) is 45.9 Å². The summed E-state index contributed by atoms with van der Waals surface area (Å²) in [4.78, 5) is 13.7. The van der Waals surface area contributed by atoms with E-state index < -0.39 is 26.2 Å². The first-order valence-corrected chi connectivity index (χ1v) is 11.0. The first kappa shape index (κ1) is 17.9. The van der Waals surface area contributed by atoms with E-state index in [2.05, 4.69) is 19.6 Å². The molecule has 2 atom stereocenters. The molecule has 1 aromatic rings. The number of nitrogens with zero attached hydrogens (tertiary/aromatic N) is 1. The second-order valence-corrected chi connectivity index (χ2v) is 11.0. The Morgan fingerprint density at radius 2 is 1.87 bits per heavy atom. The third kappa shape index (κ3) is 3.73. The van der Waals surface area contributed by atoms with Crippen molar-refractivity contribution in [3.63, 3.8) is 0 Å². The van der Waals surface area contributed by atoms with Crippen LogP contribution in [0.15, 0.2) is 24.3 Å². The van der Waals surface area contributed by atoms with Gasteiger partial charge in [0.2, 0.25) is 0 Å². The number of hydrogen-bond acceptors (Lipinski definition) is 4. The summed E-state index contributed by atoms with van der Waals surface area (Å²) in [6.45, 7) is 6.65. The van der Waals surface area contributed by atoms with Crippen LogP contribution in [0.3, 0.4) is 0 Å². The van der Waals surface area contributed by atoms with Crippen molar-refractivity contribution in [3.8, 4) is 0 Å². The summed E-state index contributed by atoms with van der Waals surface area (Å²) >= 11 is 0. The fourth-order valence-electron chi connectivity index (χ4n) is 3.05. The lowest BCUT2D eigenvalue weighted by Crippen LogP contribution is -2.49. The van der Waals surface area contributed by atoms with Crippen LogP contribution in [0.4, 0.5) is 9.18 Å². The molecule has 0 spiro atoms. The molecule has 5 nitrogen and oxygen atoms in total. The number of benzene rings is 1. The number of carbonyl (C=O) groups excluding carboxylic acids is 1. The maximum atomic E-state index is 13.3. The van der Waals surface area contributed by atoms with Crippen LogP contribution in [-0.2, 0) is 13.9 Å². The quantitative estimate of drug-likeness (QED) is 0.621. The normalized spacial score (nSPS) is 24.8. The van der Waals surface area contributed by atoms with E-state index in [0.29, 0.717) is 13.0 Å². The molecule has 1 heterocycles. The predicted molar refractivity (Wildman–Crippen MR) is 87.0 cm³/mol. The highest BCUT2D eigenvalue weighted by atomic mass is 28.4.